The van der Waals surface area contributed by atoms with E-state index in [1.54, 1.807) is 92.1 Å². The lowest BCUT2D eigenvalue weighted by Crippen LogP contribution is -2.35. The van der Waals surface area contributed by atoms with Crippen LogP contribution in [-0.4, -0.2) is 14.1 Å². The summed E-state index contributed by atoms with van der Waals surface area (Å²) in [6.07, 6.45) is -4.72. The minimum absolute atomic E-state index is 0.0682. The SMILES string of the molecule is [2H]c1c([2H])c([2H])c(-c2ccc3c(c2)n(-c2cccc(Oc4ccc5c6ccccc6n(-c6cc(C([2H])([2H])[2H])c(-c7c([2H])c([2H])c([2H])c([2H])c7[2H])cn6)c5c4)c2)[c-][n+]3-c2c(-c3c([2H])c([2H])c4c(c3[2H])C(C([2H])([2H])[2H])(C([2H])([2H])[2H])C([2H])([2H])C([2H])([2H])C4(C([2H])([2H])[2H])C([2H])([2H])[2H])cccc2C(C)(C)C)c([2H])c1[2H]. The fourth-order valence-corrected chi connectivity index (χ4v) is 9.26. The van der Waals surface area contributed by atoms with E-state index in [9.17, 15) is 9.60 Å². The third-order valence-corrected chi connectivity index (χ3v) is 12.6. The number of fused-ring (bicyclic) bond motifs is 5. The van der Waals surface area contributed by atoms with Gasteiger partial charge in [-0.3, -0.25) is 13.7 Å². The molecule has 0 unspecified atom stereocenters. The van der Waals surface area contributed by atoms with Crippen molar-refractivity contribution in [1.29, 1.82) is 0 Å². The Balaban J connectivity index is 1.11. The number of hydrogen-bond donors (Lipinski definition) is 0. The first-order chi connectivity index (χ1) is 47.9. The molecule has 5 nitrogen and oxygen atoms in total. The Kier molecular flexibility index (Phi) is 5.26. The number of imidazole rings is 1. The molecule has 0 saturated carbocycles. The molecule has 1 aliphatic carbocycles. The van der Waals surface area contributed by atoms with Crippen molar-refractivity contribution >= 4 is 32.8 Å². The van der Waals surface area contributed by atoms with Crippen LogP contribution in [0.3, 0.4) is 0 Å². The molecule has 3 heterocycles. The van der Waals surface area contributed by atoms with Crippen LogP contribution in [0, 0.1) is 13.2 Å². The van der Waals surface area contributed by atoms with Crippen LogP contribution in [0.5, 0.6) is 11.5 Å². The fraction of sp³-hybridized carbons (Fsp3) is 0.194. The molecule has 11 aromatic rings. The molecule has 0 amide bonds. The van der Waals surface area contributed by atoms with E-state index < -0.39 is 158 Å². The van der Waals surface area contributed by atoms with Gasteiger partial charge in [0.05, 0.1) is 51.3 Å². The summed E-state index contributed by atoms with van der Waals surface area (Å²) in [5.41, 5.74) is -13.7. The molecule has 0 saturated heterocycles. The van der Waals surface area contributed by atoms with Crippen molar-refractivity contribution in [2.24, 2.45) is 0 Å². The van der Waals surface area contributed by atoms with Crippen molar-refractivity contribution in [1.82, 2.24) is 14.1 Å². The summed E-state index contributed by atoms with van der Waals surface area (Å²) in [6, 6.07) is 17.9. The molecule has 0 N–H and O–H groups in total. The van der Waals surface area contributed by atoms with Crippen LogP contribution in [0.25, 0.3) is 83.4 Å². The van der Waals surface area contributed by atoms with Crippen LogP contribution < -0.4 is 9.30 Å². The first kappa shape index (κ1) is 22.2. The second-order valence-electron chi connectivity index (χ2n) is 18.4. The number of pyridine rings is 1. The van der Waals surface area contributed by atoms with E-state index in [1.165, 1.54) is 45.5 Å². The first-order valence-corrected chi connectivity index (χ1v) is 22.6. The molecule has 3 aromatic heterocycles. The van der Waals surface area contributed by atoms with Crippen LogP contribution in [0.2, 0.25) is 0 Å². The number of rotatable bonds is 8. The summed E-state index contributed by atoms with van der Waals surface area (Å²) < 4.78 is 297. The lowest BCUT2D eigenvalue weighted by atomic mass is 9.63. The molecule has 0 aliphatic heterocycles. The summed E-state index contributed by atoms with van der Waals surface area (Å²) in [7, 11) is 0. The van der Waals surface area contributed by atoms with Gasteiger partial charge in [0.2, 0.25) is 0 Å². The van der Waals surface area contributed by atoms with E-state index in [-0.39, 0.29) is 73.1 Å². The van der Waals surface area contributed by atoms with E-state index in [0.717, 1.165) is 6.20 Å². The number of nitrogens with zero attached hydrogens (tertiary/aromatic N) is 4. The number of benzene rings is 8. The van der Waals surface area contributed by atoms with Crippen LogP contribution in [-0.2, 0) is 16.2 Å². The Morgan fingerprint density at radius 1 is 0.639 bits per heavy atom. The molecular weight excluding hydrogens is 877 g/mol. The highest BCUT2D eigenvalue weighted by atomic mass is 16.5. The van der Waals surface area contributed by atoms with Crippen LogP contribution in [0.15, 0.2) is 194 Å². The minimum atomic E-state index is -4.60. The number of aryl methyl sites for hydroxylation is 1. The molecule has 0 radical (unpaired) electrons. The van der Waals surface area contributed by atoms with Gasteiger partial charge in [0.15, 0.2) is 0 Å². The van der Waals surface area contributed by atoms with Gasteiger partial charge in [-0.2, -0.15) is 0 Å². The van der Waals surface area contributed by atoms with Crippen molar-refractivity contribution in [3.05, 3.63) is 223 Å². The van der Waals surface area contributed by atoms with Gasteiger partial charge in [-0.1, -0.05) is 181 Å². The fourth-order valence-electron chi connectivity index (χ4n) is 9.26. The normalized spacial score (nSPS) is 22.9. The molecule has 72 heavy (non-hydrogen) atoms. The molecule has 12 rings (SSSR count). The van der Waals surface area contributed by atoms with Gasteiger partial charge in [-0.15, -0.1) is 0 Å². The third kappa shape index (κ3) is 7.79. The zero-order chi connectivity index (χ0) is 76.9. The Morgan fingerprint density at radius 3 is 2.15 bits per heavy atom. The van der Waals surface area contributed by atoms with E-state index in [2.05, 4.69) is 11.3 Å². The zero-order valence-corrected chi connectivity index (χ0v) is 38.7. The van der Waals surface area contributed by atoms with Crippen LogP contribution >= 0.6 is 0 Å². The molecule has 0 spiro atoms. The lowest BCUT2D eigenvalue weighted by Gasteiger charge is -2.42. The van der Waals surface area contributed by atoms with Gasteiger partial charge in [0.25, 0.3) is 6.33 Å². The highest BCUT2D eigenvalue weighted by molar-refractivity contribution is 6.09. The largest absolute Gasteiger partial charge is 0.458 e. The van der Waals surface area contributed by atoms with Gasteiger partial charge in [-0.25, -0.2) is 4.98 Å². The molecule has 0 bridgehead atoms. The maximum atomic E-state index is 10.2. The zero-order valence-electron chi connectivity index (χ0n) is 70.7. The Morgan fingerprint density at radius 2 is 1.38 bits per heavy atom. The standard InChI is InChI=1S/C67H60N4O/c1-44-37-63(68-42-55(44)46-21-13-10-14-22-46)71-59-28-16-15-25-53(59)54-32-31-51(41-61(54)71)72-50-24-17-23-49(40-50)69-43-70(60-34-30-47(39-62(60)69)45-19-11-9-12-20-45)64-52(26-18-27-57(64)65(2,3)4)48-29-33-56-58(38-48)67(7,8)36-35-66(56,5)6/h9-34,37-42H,35-36H2,1-8H3/i1D3,5D3,6D3,7D3,8D3,9D,10D,11D,12D,13D,14D,19D,20D,21D,22D,29D,33D,35D2,36D2,38D. The highest BCUT2D eigenvalue weighted by Gasteiger charge is 2.37. The topological polar surface area (TPSA) is 35.9 Å². The third-order valence-electron chi connectivity index (χ3n) is 12.6. The maximum absolute atomic E-state index is 10.2. The van der Waals surface area contributed by atoms with E-state index in [4.69, 9.17) is 39.0 Å². The summed E-state index contributed by atoms with van der Waals surface area (Å²) >= 11 is 0. The molecule has 0 atom stereocenters. The van der Waals surface area contributed by atoms with Gasteiger partial charge in [0, 0.05) is 54.6 Å². The van der Waals surface area contributed by atoms with Crippen molar-refractivity contribution < 1.29 is 53.2 Å². The molecule has 8 aromatic carbocycles. The number of ether oxygens (including phenoxy) is 1. The highest BCUT2D eigenvalue weighted by Crippen LogP contribution is 2.48. The van der Waals surface area contributed by atoms with Crippen LogP contribution in [0.4, 0.5) is 0 Å². The van der Waals surface area contributed by atoms with E-state index in [1.807, 2.05) is 6.07 Å². The summed E-state index contributed by atoms with van der Waals surface area (Å²) in [5, 5.41) is 1.35. The summed E-state index contributed by atoms with van der Waals surface area (Å²) in [5.74, 6) is 0.413. The number of aromatic nitrogens is 4. The first-order valence-electron chi connectivity index (χ1n) is 38.6. The summed E-state index contributed by atoms with van der Waals surface area (Å²) in [6.45, 7) is -15.0. The van der Waals surface area contributed by atoms with Crippen molar-refractivity contribution in [3.63, 3.8) is 0 Å². The number of para-hydroxylation sites is 2. The predicted octanol–water partition coefficient (Wildman–Crippen LogP) is 16.9. The Bertz CT molecular complexity index is 5370. The van der Waals surface area contributed by atoms with Crippen LogP contribution in [0.1, 0.15) is 127 Å². The van der Waals surface area contributed by atoms with Crippen molar-refractivity contribution in [2.75, 3.05) is 0 Å². The summed E-state index contributed by atoms with van der Waals surface area (Å²) in [4.78, 5) is 4.66. The monoisotopic (exact) mass is 969 g/mol. The smallest absolute Gasteiger partial charge is 0.269 e. The quantitative estimate of drug-likeness (QED) is 0.112. The predicted molar refractivity (Wildman–Crippen MR) is 297 cm³/mol. The average Bonchev–Trinajstić information content (AvgIpc) is 0.730. The lowest BCUT2D eigenvalue weighted by molar-refractivity contribution is -0.572. The van der Waals surface area contributed by atoms with Gasteiger partial charge < -0.3 is 4.74 Å². The maximum Gasteiger partial charge on any atom is 0.269 e. The van der Waals surface area contributed by atoms with Gasteiger partial charge >= 0.3 is 0 Å². The van der Waals surface area contributed by atoms with Gasteiger partial charge in [-0.05, 0) is 134 Å². The molecule has 0 fully saturated rings. The Labute approximate surface area is 468 Å². The molecule has 354 valence electrons. The number of hydrogen-bond acceptors (Lipinski definition) is 2. The van der Waals surface area contributed by atoms with Crippen molar-refractivity contribution in [2.45, 2.75) is 84.0 Å². The molecule has 1 aliphatic rings. The second-order valence-corrected chi connectivity index (χ2v) is 18.4. The second kappa shape index (κ2) is 17.1. The Hall–Kier alpha value is -8.02. The molecular formula is C67H60N4O. The molecule has 5 heteroatoms. The minimum Gasteiger partial charge on any atom is -0.458 e. The average molecular weight is 969 g/mol. The van der Waals surface area contributed by atoms with Gasteiger partial charge in [0.1, 0.15) is 17.3 Å². The van der Waals surface area contributed by atoms with E-state index in [0.29, 0.717) is 27.4 Å². The van der Waals surface area contributed by atoms with E-state index >= 15 is 0 Å². The van der Waals surface area contributed by atoms with Crippen molar-refractivity contribution in [3.8, 4) is 62.1 Å².